The molecule has 5 heteroatoms. The summed E-state index contributed by atoms with van der Waals surface area (Å²) in [6.45, 7) is 6.59. The zero-order chi connectivity index (χ0) is 17.3. The van der Waals surface area contributed by atoms with Crippen LogP contribution in [0.1, 0.15) is 28.9 Å². The Morgan fingerprint density at radius 2 is 2.00 bits per heavy atom. The van der Waals surface area contributed by atoms with Gasteiger partial charge in [-0.25, -0.2) is 0 Å². The third kappa shape index (κ3) is 3.20. The largest absolute Gasteiger partial charge is 0.467 e. The smallest absolute Gasteiger partial charge is 0.316 e. The Morgan fingerprint density at radius 3 is 2.71 bits per heavy atom. The van der Waals surface area contributed by atoms with Gasteiger partial charge in [0.25, 0.3) is 0 Å². The molecule has 3 rings (SSSR count). The summed E-state index contributed by atoms with van der Waals surface area (Å²) >= 11 is 0. The average Bonchev–Trinajstić information content (AvgIpc) is 3.18. The van der Waals surface area contributed by atoms with Crippen molar-refractivity contribution >= 4 is 11.9 Å². The summed E-state index contributed by atoms with van der Waals surface area (Å²) in [5, 5.41) is 0. The van der Waals surface area contributed by atoms with E-state index in [0.717, 1.165) is 16.7 Å². The Bertz CT molecular complexity index is 764. The molecule has 0 spiro atoms. The number of hydrogen-bond donors (Lipinski definition) is 0. The highest BCUT2D eigenvalue weighted by Crippen LogP contribution is 2.28. The van der Waals surface area contributed by atoms with E-state index >= 15 is 0 Å². The molecule has 0 radical (unpaired) electrons. The summed E-state index contributed by atoms with van der Waals surface area (Å²) in [6, 6.07) is 7.55. The van der Waals surface area contributed by atoms with Crippen molar-refractivity contribution in [2.45, 2.75) is 33.7 Å². The first-order valence-electron chi connectivity index (χ1n) is 8.04. The maximum atomic E-state index is 12.5. The number of benzene rings is 1. The van der Waals surface area contributed by atoms with Crippen LogP contribution in [0.3, 0.4) is 0 Å². The molecule has 1 aromatic heterocycles. The normalized spacial score (nSPS) is 17.4. The fraction of sp³-hybridized carbons (Fsp3) is 0.368. The number of rotatable bonds is 4. The van der Waals surface area contributed by atoms with Crippen LogP contribution >= 0.6 is 0 Å². The maximum absolute atomic E-state index is 12.5. The minimum absolute atomic E-state index is 0.0500. The van der Waals surface area contributed by atoms with Gasteiger partial charge in [-0.1, -0.05) is 12.1 Å². The predicted octanol–water partition coefficient (Wildman–Crippen LogP) is 3.16. The minimum Gasteiger partial charge on any atom is -0.467 e. The van der Waals surface area contributed by atoms with Crippen LogP contribution in [-0.4, -0.2) is 23.3 Å². The van der Waals surface area contributed by atoms with Crippen molar-refractivity contribution < 1.29 is 18.7 Å². The maximum Gasteiger partial charge on any atom is 0.316 e. The van der Waals surface area contributed by atoms with Gasteiger partial charge in [0.15, 0.2) is 0 Å². The van der Waals surface area contributed by atoms with Gasteiger partial charge in [0, 0.05) is 13.0 Å². The average molecular weight is 327 g/mol. The number of hydrogen-bond acceptors (Lipinski definition) is 4. The van der Waals surface area contributed by atoms with Crippen molar-refractivity contribution in [3.8, 4) is 5.75 Å². The van der Waals surface area contributed by atoms with Crippen molar-refractivity contribution in [2.24, 2.45) is 5.92 Å². The number of esters is 1. The highest BCUT2D eigenvalue weighted by molar-refractivity contribution is 5.87. The summed E-state index contributed by atoms with van der Waals surface area (Å²) in [5.74, 6) is 0.486. The summed E-state index contributed by atoms with van der Waals surface area (Å²) in [5.41, 5.74) is 2.95. The summed E-state index contributed by atoms with van der Waals surface area (Å²) in [4.78, 5) is 26.3. The number of likely N-dealkylation sites (tertiary alicyclic amines) is 1. The van der Waals surface area contributed by atoms with Crippen LogP contribution in [0.15, 0.2) is 34.9 Å². The zero-order valence-corrected chi connectivity index (χ0v) is 14.2. The zero-order valence-electron chi connectivity index (χ0n) is 14.2. The van der Waals surface area contributed by atoms with Gasteiger partial charge in [0.2, 0.25) is 5.91 Å². The first-order valence-corrected chi connectivity index (χ1v) is 8.04. The van der Waals surface area contributed by atoms with Gasteiger partial charge >= 0.3 is 5.97 Å². The Labute approximate surface area is 141 Å². The number of amides is 1. The van der Waals surface area contributed by atoms with Gasteiger partial charge < -0.3 is 14.1 Å². The Hall–Kier alpha value is -2.56. The van der Waals surface area contributed by atoms with E-state index in [0.29, 0.717) is 24.6 Å². The van der Waals surface area contributed by atoms with Crippen LogP contribution in [0.5, 0.6) is 5.75 Å². The van der Waals surface area contributed by atoms with Crippen LogP contribution in [0.4, 0.5) is 0 Å². The highest BCUT2D eigenvalue weighted by Gasteiger charge is 2.36. The lowest BCUT2D eigenvalue weighted by Gasteiger charge is -2.16. The molecule has 1 aliphatic heterocycles. The lowest BCUT2D eigenvalue weighted by atomic mass is 10.0. The van der Waals surface area contributed by atoms with Gasteiger partial charge in [-0.05, 0) is 49.6 Å². The summed E-state index contributed by atoms with van der Waals surface area (Å²) in [6.07, 6.45) is 1.76. The lowest BCUT2D eigenvalue weighted by molar-refractivity contribution is -0.139. The summed E-state index contributed by atoms with van der Waals surface area (Å²) in [7, 11) is 0. The number of furan rings is 1. The van der Waals surface area contributed by atoms with Crippen LogP contribution in [-0.2, 0) is 16.1 Å². The molecule has 24 heavy (non-hydrogen) atoms. The van der Waals surface area contributed by atoms with Crippen LogP contribution in [0.25, 0.3) is 0 Å². The molecular formula is C19H21NO4. The van der Waals surface area contributed by atoms with Crippen molar-refractivity contribution in [1.82, 2.24) is 4.90 Å². The number of nitrogens with zero attached hydrogens (tertiary/aromatic N) is 1. The van der Waals surface area contributed by atoms with E-state index < -0.39 is 5.92 Å². The third-order valence-electron chi connectivity index (χ3n) is 4.55. The van der Waals surface area contributed by atoms with Crippen LogP contribution < -0.4 is 4.74 Å². The second kappa shape index (κ2) is 6.51. The molecule has 1 fully saturated rings. The molecular weight excluding hydrogens is 306 g/mol. The van der Waals surface area contributed by atoms with E-state index in [4.69, 9.17) is 9.15 Å². The van der Waals surface area contributed by atoms with Gasteiger partial charge in [0.1, 0.15) is 11.5 Å². The van der Waals surface area contributed by atoms with Crippen molar-refractivity contribution in [2.75, 3.05) is 6.54 Å². The Morgan fingerprint density at radius 1 is 1.25 bits per heavy atom. The number of aryl methyl sites for hydroxylation is 2. The first-order chi connectivity index (χ1) is 11.5. The highest BCUT2D eigenvalue weighted by atomic mass is 16.5. The Kier molecular flexibility index (Phi) is 4.42. The van der Waals surface area contributed by atoms with Gasteiger partial charge in [0.05, 0.1) is 18.7 Å². The molecule has 0 aliphatic carbocycles. The predicted molar refractivity (Wildman–Crippen MR) is 88.5 cm³/mol. The molecule has 0 bridgehead atoms. The van der Waals surface area contributed by atoms with Crippen molar-refractivity contribution in [3.63, 3.8) is 0 Å². The van der Waals surface area contributed by atoms with Gasteiger partial charge in [-0.15, -0.1) is 0 Å². The molecule has 1 saturated heterocycles. The van der Waals surface area contributed by atoms with E-state index in [1.54, 1.807) is 17.2 Å². The molecule has 1 amide bonds. The number of ether oxygens (including phenoxy) is 1. The number of carbonyl (C=O) groups is 2. The molecule has 5 nitrogen and oxygen atoms in total. The van der Waals surface area contributed by atoms with Crippen LogP contribution in [0.2, 0.25) is 0 Å². The van der Waals surface area contributed by atoms with Crippen molar-refractivity contribution in [3.05, 3.63) is 53.0 Å². The molecule has 2 heterocycles. The van der Waals surface area contributed by atoms with E-state index in [2.05, 4.69) is 0 Å². The number of carbonyl (C=O) groups excluding carboxylic acids is 2. The molecule has 0 saturated carbocycles. The first kappa shape index (κ1) is 16.3. The molecule has 126 valence electrons. The fourth-order valence-corrected chi connectivity index (χ4v) is 2.94. The summed E-state index contributed by atoms with van der Waals surface area (Å²) < 4.78 is 10.9. The lowest BCUT2D eigenvalue weighted by Crippen LogP contribution is -2.27. The SMILES string of the molecule is Cc1ccc(C)c(OC(=O)C2CC(=O)N(Cc3ccco3)C2)c1C. The second-order valence-electron chi connectivity index (χ2n) is 6.33. The Balaban J connectivity index is 1.68. The quantitative estimate of drug-likeness (QED) is 0.639. The molecule has 1 unspecified atom stereocenters. The molecule has 1 aliphatic rings. The van der Waals surface area contributed by atoms with Gasteiger partial charge in [-0.2, -0.15) is 0 Å². The molecule has 0 N–H and O–H groups in total. The monoisotopic (exact) mass is 327 g/mol. The van der Waals surface area contributed by atoms with Crippen molar-refractivity contribution in [1.29, 1.82) is 0 Å². The molecule has 1 atom stereocenters. The molecule has 2 aromatic rings. The van der Waals surface area contributed by atoms with E-state index in [1.807, 2.05) is 39.0 Å². The van der Waals surface area contributed by atoms with Crippen LogP contribution in [0, 0.1) is 26.7 Å². The standard InChI is InChI=1S/C19H21NO4/c1-12-6-7-13(2)18(14(12)3)24-19(22)15-9-17(21)20(10-15)11-16-5-4-8-23-16/h4-8,15H,9-11H2,1-3H3. The minimum atomic E-state index is -0.438. The second-order valence-corrected chi connectivity index (χ2v) is 6.33. The fourth-order valence-electron chi connectivity index (χ4n) is 2.94. The topological polar surface area (TPSA) is 59.8 Å². The van der Waals surface area contributed by atoms with Gasteiger partial charge in [-0.3, -0.25) is 9.59 Å². The van der Waals surface area contributed by atoms with E-state index in [-0.39, 0.29) is 18.3 Å². The van der Waals surface area contributed by atoms with E-state index in [9.17, 15) is 9.59 Å². The molecule has 1 aromatic carbocycles. The van der Waals surface area contributed by atoms with E-state index in [1.165, 1.54) is 0 Å². The third-order valence-corrected chi connectivity index (χ3v) is 4.55.